The van der Waals surface area contributed by atoms with Crippen molar-refractivity contribution in [3.63, 3.8) is 0 Å². The maximum atomic E-state index is 5.48. The summed E-state index contributed by atoms with van der Waals surface area (Å²) < 4.78 is 0. The summed E-state index contributed by atoms with van der Waals surface area (Å²) in [6.07, 6.45) is 36.9. The molecular formula is C24H20S. The van der Waals surface area contributed by atoms with E-state index in [1.54, 1.807) is 11.8 Å². The Morgan fingerprint density at radius 3 is 1.88 bits per heavy atom. The van der Waals surface area contributed by atoms with Gasteiger partial charge in [-0.1, -0.05) is 84.8 Å². The zero-order valence-corrected chi connectivity index (χ0v) is 14.9. The Balaban J connectivity index is 1.80. The van der Waals surface area contributed by atoms with E-state index in [2.05, 4.69) is 41.6 Å². The molecule has 122 valence electrons. The Morgan fingerprint density at radius 1 is 0.720 bits per heavy atom. The van der Waals surface area contributed by atoms with Crippen molar-refractivity contribution in [2.24, 2.45) is 0 Å². The minimum Gasteiger partial charge on any atom is -0.115 e. The van der Waals surface area contributed by atoms with Crippen LogP contribution in [0, 0.1) is 24.7 Å². The Labute approximate surface area is 155 Å². The third-order valence-electron chi connectivity index (χ3n) is 3.54. The zero-order chi connectivity index (χ0) is 17.7. The second kappa shape index (κ2) is 10.8. The molecule has 0 spiro atoms. The summed E-state index contributed by atoms with van der Waals surface area (Å²) in [5, 5.41) is 4.11. The predicted molar refractivity (Wildman–Crippen MR) is 113 cm³/mol. The van der Waals surface area contributed by atoms with E-state index in [0.29, 0.717) is 0 Å². The quantitative estimate of drug-likeness (QED) is 0.424. The van der Waals surface area contributed by atoms with Gasteiger partial charge in [-0.15, -0.1) is 24.6 Å². The van der Waals surface area contributed by atoms with Crippen molar-refractivity contribution in [2.45, 2.75) is 12.8 Å². The smallest absolute Gasteiger partial charge is 0.00614 e. The van der Waals surface area contributed by atoms with Gasteiger partial charge in [-0.25, -0.2) is 0 Å². The molecule has 0 radical (unpaired) electrons. The molecular weight excluding hydrogens is 320 g/mol. The lowest BCUT2D eigenvalue weighted by molar-refractivity contribution is 1.23. The Bertz CT molecular complexity index is 832. The van der Waals surface area contributed by atoms with Crippen LogP contribution in [0.2, 0.25) is 0 Å². The maximum Gasteiger partial charge on any atom is 0.00614 e. The van der Waals surface area contributed by atoms with Crippen LogP contribution in [-0.2, 0) is 0 Å². The van der Waals surface area contributed by atoms with Crippen molar-refractivity contribution < 1.29 is 0 Å². The molecule has 0 nitrogen and oxygen atoms in total. The molecule has 0 unspecified atom stereocenters. The zero-order valence-electron chi connectivity index (χ0n) is 14.1. The fourth-order valence-electron chi connectivity index (χ4n) is 2.25. The van der Waals surface area contributed by atoms with E-state index in [0.717, 1.165) is 24.0 Å². The monoisotopic (exact) mass is 340 g/mol. The first-order valence-electron chi connectivity index (χ1n) is 8.03. The van der Waals surface area contributed by atoms with Crippen molar-refractivity contribution in [3.05, 3.63) is 106 Å². The fraction of sp³-hybridized carbons (Fsp3) is 0.0833. The molecule has 0 aliphatic heterocycles. The van der Waals surface area contributed by atoms with Gasteiger partial charge < -0.3 is 0 Å². The Kier molecular flexibility index (Phi) is 7.99. The van der Waals surface area contributed by atoms with Gasteiger partial charge in [0, 0.05) is 24.0 Å². The molecule has 0 aromatic carbocycles. The molecule has 25 heavy (non-hydrogen) atoms. The first-order valence-corrected chi connectivity index (χ1v) is 8.97. The van der Waals surface area contributed by atoms with Crippen molar-refractivity contribution in [1.29, 1.82) is 0 Å². The van der Waals surface area contributed by atoms with Crippen molar-refractivity contribution in [3.8, 4) is 24.7 Å². The van der Waals surface area contributed by atoms with Crippen LogP contribution in [0.15, 0.2) is 106 Å². The van der Waals surface area contributed by atoms with Gasteiger partial charge in [0.1, 0.15) is 0 Å². The van der Waals surface area contributed by atoms with Crippen LogP contribution in [0.1, 0.15) is 12.8 Å². The van der Waals surface area contributed by atoms with Crippen LogP contribution >= 0.6 is 11.8 Å². The van der Waals surface area contributed by atoms with Crippen LogP contribution in [0.25, 0.3) is 0 Å². The Morgan fingerprint density at radius 2 is 1.28 bits per heavy atom. The van der Waals surface area contributed by atoms with Gasteiger partial charge in [-0.2, -0.15) is 0 Å². The highest BCUT2D eigenvalue weighted by Crippen LogP contribution is 2.18. The van der Waals surface area contributed by atoms with E-state index < -0.39 is 0 Å². The molecule has 0 bridgehead atoms. The van der Waals surface area contributed by atoms with Gasteiger partial charge in [0.2, 0.25) is 0 Å². The molecule has 0 N–H and O–H groups in total. The largest absolute Gasteiger partial charge is 0.115 e. The van der Waals surface area contributed by atoms with E-state index in [1.807, 2.05) is 54.0 Å². The summed E-state index contributed by atoms with van der Waals surface area (Å²) >= 11 is 1.63. The minimum atomic E-state index is 0.799. The fourth-order valence-corrected chi connectivity index (χ4v) is 2.77. The van der Waals surface area contributed by atoms with Crippen molar-refractivity contribution >= 4 is 11.8 Å². The molecule has 0 atom stereocenters. The van der Waals surface area contributed by atoms with Crippen molar-refractivity contribution in [2.75, 3.05) is 0 Å². The van der Waals surface area contributed by atoms with Crippen LogP contribution in [-0.4, -0.2) is 0 Å². The highest BCUT2D eigenvalue weighted by atomic mass is 32.2. The number of allylic oxidation sites excluding steroid dienone is 16. The third-order valence-corrected chi connectivity index (χ3v) is 4.14. The first-order chi connectivity index (χ1) is 12.3. The number of hydrogen-bond acceptors (Lipinski definition) is 1. The molecule has 0 heterocycles. The number of hydrogen-bond donors (Lipinski definition) is 0. The van der Waals surface area contributed by atoms with Gasteiger partial charge in [0.15, 0.2) is 0 Å². The molecule has 0 amide bonds. The molecule has 2 aliphatic carbocycles. The summed E-state index contributed by atoms with van der Waals surface area (Å²) in [5.41, 5.74) is 4.40. The SMILES string of the molecule is C#CC1=CC=CC=C(/C=C\S/C=C/C=C/C2=CC=CC=C(C#C)C2)C1. The molecule has 2 aliphatic rings. The molecule has 0 saturated heterocycles. The third kappa shape index (κ3) is 7.05. The van der Waals surface area contributed by atoms with Crippen molar-refractivity contribution in [1.82, 2.24) is 0 Å². The van der Waals surface area contributed by atoms with Crippen LogP contribution in [0.3, 0.4) is 0 Å². The van der Waals surface area contributed by atoms with Crippen LogP contribution in [0.5, 0.6) is 0 Å². The van der Waals surface area contributed by atoms with Gasteiger partial charge in [-0.3, -0.25) is 0 Å². The van der Waals surface area contributed by atoms with Gasteiger partial charge in [0.05, 0.1) is 0 Å². The summed E-state index contributed by atoms with van der Waals surface area (Å²) in [6, 6.07) is 0. The highest BCUT2D eigenvalue weighted by Gasteiger charge is 1.99. The average Bonchev–Trinajstić information content (AvgIpc) is 3.01. The summed E-state index contributed by atoms with van der Waals surface area (Å²) in [6.45, 7) is 0. The summed E-state index contributed by atoms with van der Waals surface area (Å²) in [4.78, 5) is 0. The van der Waals surface area contributed by atoms with E-state index in [4.69, 9.17) is 12.8 Å². The molecule has 0 aromatic heterocycles. The predicted octanol–water partition coefficient (Wildman–Crippen LogP) is 6.20. The lowest BCUT2D eigenvalue weighted by atomic mass is 10.1. The lowest BCUT2D eigenvalue weighted by Crippen LogP contribution is -1.81. The van der Waals surface area contributed by atoms with E-state index in [9.17, 15) is 0 Å². The lowest BCUT2D eigenvalue weighted by Gasteiger charge is -1.98. The van der Waals surface area contributed by atoms with Gasteiger partial charge in [-0.05, 0) is 22.0 Å². The number of terminal acetylenes is 2. The number of rotatable bonds is 5. The first kappa shape index (κ1) is 18.5. The highest BCUT2D eigenvalue weighted by molar-refractivity contribution is 8.04. The van der Waals surface area contributed by atoms with E-state index in [-0.39, 0.29) is 0 Å². The standard InChI is InChI=1S/C24H20S/c1-3-21-11-5-7-13-23(19-21)15-9-10-17-25-18-16-24-14-8-6-12-22(4-2)20-24/h1-2,5-18H,19-20H2/b15-9+,17-10+,18-16-. The maximum absolute atomic E-state index is 5.48. The topological polar surface area (TPSA) is 0 Å². The normalized spacial score (nSPS) is 17.5. The molecule has 0 fully saturated rings. The molecule has 2 rings (SSSR count). The summed E-state index contributed by atoms with van der Waals surface area (Å²) in [5.74, 6) is 5.43. The second-order valence-electron chi connectivity index (χ2n) is 5.41. The molecule has 0 aromatic rings. The second-order valence-corrected chi connectivity index (χ2v) is 6.22. The van der Waals surface area contributed by atoms with Crippen LogP contribution in [0.4, 0.5) is 0 Å². The minimum absolute atomic E-state index is 0.799. The van der Waals surface area contributed by atoms with Gasteiger partial charge >= 0.3 is 0 Å². The van der Waals surface area contributed by atoms with E-state index >= 15 is 0 Å². The Hall–Kier alpha value is -2.87. The molecule has 0 saturated carbocycles. The van der Waals surface area contributed by atoms with Crippen LogP contribution < -0.4 is 0 Å². The molecule has 1 heteroatoms. The summed E-state index contributed by atoms with van der Waals surface area (Å²) in [7, 11) is 0. The average molecular weight is 340 g/mol. The van der Waals surface area contributed by atoms with Gasteiger partial charge in [0.25, 0.3) is 0 Å². The van der Waals surface area contributed by atoms with E-state index in [1.165, 1.54) is 11.1 Å². The number of thioether (sulfide) groups is 1.